The summed E-state index contributed by atoms with van der Waals surface area (Å²) in [5.74, 6) is 3.94. The van der Waals surface area contributed by atoms with Crippen LogP contribution in [0.25, 0.3) is 0 Å². The Morgan fingerprint density at radius 3 is 2.18 bits per heavy atom. The minimum absolute atomic E-state index is 0.592. The van der Waals surface area contributed by atoms with Crippen LogP contribution in [0.5, 0.6) is 0 Å². The van der Waals surface area contributed by atoms with E-state index in [0.29, 0.717) is 5.41 Å². The summed E-state index contributed by atoms with van der Waals surface area (Å²) in [4.78, 5) is 0. The first-order valence-electron chi connectivity index (χ1n) is 8.01. The van der Waals surface area contributed by atoms with Crippen molar-refractivity contribution < 1.29 is 0 Å². The summed E-state index contributed by atoms with van der Waals surface area (Å²) in [6.07, 6.45) is 11.9. The average molecular weight is 236 g/mol. The van der Waals surface area contributed by atoms with E-state index in [1.54, 1.807) is 0 Å². The van der Waals surface area contributed by atoms with Crippen molar-refractivity contribution in [1.82, 2.24) is 0 Å². The fraction of sp³-hybridized carbons (Fsp3) is 1.00. The minimum Gasteiger partial charge on any atom is -0.0625 e. The maximum Gasteiger partial charge on any atom is -0.0295 e. The molecule has 0 heterocycles. The predicted molar refractivity (Wildman–Crippen MR) is 76.0 cm³/mol. The molecule has 17 heavy (non-hydrogen) atoms. The molecule has 2 fully saturated rings. The van der Waals surface area contributed by atoms with Gasteiger partial charge >= 0.3 is 0 Å². The smallest absolute Gasteiger partial charge is 0.0295 e. The molecule has 0 N–H and O–H groups in total. The van der Waals surface area contributed by atoms with Gasteiger partial charge in [-0.15, -0.1) is 0 Å². The number of rotatable bonds is 2. The van der Waals surface area contributed by atoms with Crippen molar-refractivity contribution in [2.75, 3.05) is 0 Å². The molecular formula is C17H32. The normalized spacial score (nSPS) is 40.2. The van der Waals surface area contributed by atoms with Crippen molar-refractivity contribution in [2.45, 2.75) is 79.1 Å². The first-order chi connectivity index (χ1) is 8.01. The molecule has 0 aromatic rings. The third-order valence-electron chi connectivity index (χ3n) is 6.06. The van der Waals surface area contributed by atoms with Crippen molar-refractivity contribution in [2.24, 2.45) is 29.1 Å². The van der Waals surface area contributed by atoms with Gasteiger partial charge in [-0.05, 0) is 48.3 Å². The highest BCUT2D eigenvalue weighted by atomic mass is 14.5. The lowest BCUT2D eigenvalue weighted by Gasteiger charge is -2.48. The van der Waals surface area contributed by atoms with Crippen LogP contribution in [0.3, 0.4) is 0 Å². The van der Waals surface area contributed by atoms with Crippen LogP contribution < -0.4 is 0 Å². The zero-order valence-corrected chi connectivity index (χ0v) is 12.5. The van der Waals surface area contributed by atoms with Crippen molar-refractivity contribution in [3.05, 3.63) is 0 Å². The van der Waals surface area contributed by atoms with E-state index in [0.717, 1.165) is 23.7 Å². The zero-order valence-electron chi connectivity index (χ0n) is 12.5. The Balaban J connectivity index is 2.05. The molecule has 100 valence electrons. The topological polar surface area (TPSA) is 0 Å². The highest BCUT2D eigenvalue weighted by Gasteiger charge is 2.41. The molecule has 0 heteroatoms. The molecule has 0 amide bonds. The fourth-order valence-electron chi connectivity index (χ4n) is 4.83. The van der Waals surface area contributed by atoms with Gasteiger partial charge in [-0.1, -0.05) is 59.8 Å². The van der Waals surface area contributed by atoms with Crippen LogP contribution in [0.2, 0.25) is 0 Å². The highest BCUT2D eigenvalue weighted by Crippen LogP contribution is 2.50. The van der Waals surface area contributed by atoms with Crippen LogP contribution in [-0.4, -0.2) is 0 Å². The largest absolute Gasteiger partial charge is 0.0625 e. The second-order valence-corrected chi connectivity index (χ2v) is 7.66. The quantitative estimate of drug-likeness (QED) is 0.580. The molecule has 2 aliphatic carbocycles. The molecule has 0 aromatic heterocycles. The summed E-state index contributed by atoms with van der Waals surface area (Å²) in [5, 5.41) is 0. The van der Waals surface area contributed by atoms with E-state index in [1.165, 1.54) is 51.4 Å². The zero-order chi connectivity index (χ0) is 12.5. The molecule has 0 radical (unpaired) electrons. The Hall–Kier alpha value is 0. The third kappa shape index (κ3) is 2.88. The van der Waals surface area contributed by atoms with Gasteiger partial charge < -0.3 is 0 Å². The molecule has 0 aliphatic heterocycles. The standard InChI is InChI=1S/C17H32/c1-13-8-7-10-15(12-13)17(3,4)16-11-6-5-9-14(16)2/h13-16H,5-12H2,1-4H3. The molecule has 0 bridgehead atoms. The van der Waals surface area contributed by atoms with Gasteiger partial charge in [0.05, 0.1) is 0 Å². The van der Waals surface area contributed by atoms with Crippen LogP contribution in [-0.2, 0) is 0 Å². The highest BCUT2D eigenvalue weighted by molar-refractivity contribution is 4.91. The molecule has 4 atom stereocenters. The summed E-state index contributed by atoms with van der Waals surface area (Å²) in [5.41, 5.74) is 0.592. The SMILES string of the molecule is CC1CCCC(C(C)(C)C2CCCCC2C)C1. The molecule has 2 rings (SSSR count). The number of hydrogen-bond donors (Lipinski definition) is 0. The Kier molecular flexibility index (Phi) is 4.21. The van der Waals surface area contributed by atoms with Gasteiger partial charge in [0.25, 0.3) is 0 Å². The molecule has 2 aliphatic rings. The van der Waals surface area contributed by atoms with Crippen LogP contribution in [0.15, 0.2) is 0 Å². The van der Waals surface area contributed by atoms with Crippen LogP contribution in [0, 0.1) is 29.1 Å². The van der Waals surface area contributed by atoms with E-state index in [2.05, 4.69) is 27.7 Å². The maximum atomic E-state index is 2.59. The van der Waals surface area contributed by atoms with Gasteiger partial charge in [-0.2, -0.15) is 0 Å². The van der Waals surface area contributed by atoms with E-state index in [4.69, 9.17) is 0 Å². The lowest BCUT2D eigenvalue weighted by molar-refractivity contribution is 0.0170. The van der Waals surface area contributed by atoms with Gasteiger partial charge in [-0.25, -0.2) is 0 Å². The van der Waals surface area contributed by atoms with E-state index in [1.807, 2.05) is 0 Å². The summed E-state index contributed by atoms with van der Waals surface area (Å²) < 4.78 is 0. The molecule has 0 aromatic carbocycles. The van der Waals surface area contributed by atoms with Crippen LogP contribution >= 0.6 is 0 Å². The van der Waals surface area contributed by atoms with Gasteiger partial charge in [0.1, 0.15) is 0 Å². The Morgan fingerprint density at radius 2 is 1.53 bits per heavy atom. The summed E-state index contributed by atoms with van der Waals surface area (Å²) in [6, 6.07) is 0. The average Bonchev–Trinajstić information content (AvgIpc) is 2.29. The Bertz CT molecular complexity index is 240. The van der Waals surface area contributed by atoms with Crippen molar-refractivity contribution in [1.29, 1.82) is 0 Å². The molecule has 2 saturated carbocycles. The van der Waals surface area contributed by atoms with Gasteiger partial charge in [-0.3, -0.25) is 0 Å². The lowest BCUT2D eigenvalue weighted by Crippen LogP contribution is -2.39. The number of hydrogen-bond acceptors (Lipinski definition) is 0. The third-order valence-corrected chi connectivity index (χ3v) is 6.06. The Labute approximate surface area is 109 Å². The van der Waals surface area contributed by atoms with E-state index < -0.39 is 0 Å². The van der Waals surface area contributed by atoms with Crippen LogP contribution in [0.4, 0.5) is 0 Å². The second-order valence-electron chi connectivity index (χ2n) is 7.66. The fourth-order valence-corrected chi connectivity index (χ4v) is 4.83. The molecular weight excluding hydrogens is 204 g/mol. The summed E-state index contributed by atoms with van der Waals surface area (Å²) >= 11 is 0. The lowest BCUT2D eigenvalue weighted by atomic mass is 9.57. The summed E-state index contributed by atoms with van der Waals surface area (Å²) in [6.45, 7) is 10.1. The monoisotopic (exact) mass is 236 g/mol. The minimum atomic E-state index is 0.592. The molecule has 0 saturated heterocycles. The van der Waals surface area contributed by atoms with Crippen molar-refractivity contribution >= 4 is 0 Å². The van der Waals surface area contributed by atoms with Gasteiger partial charge in [0.2, 0.25) is 0 Å². The van der Waals surface area contributed by atoms with Crippen molar-refractivity contribution in [3.63, 3.8) is 0 Å². The summed E-state index contributed by atoms with van der Waals surface area (Å²) in [7, 11) is 0. The van der Waals surface area contributed by atoms with Crippen molar-refractivity contribution in [3.8, 4) is 0 Å². The molecule has 0 nitrogen and oxygen atoms in total. The van der Waals surface area contributed by atoms with E-state index >= 15 is 0 Å². The molecule has 0 spiro atoms. The predicted octanol–water partition coefficient (Wildman–Crippen LogP) is 5.67. The first kappa shape index (κ1) is 13.4. The van der Waals surface area contributed by atoms with Crippen LogP contribution in [0.1, 0.15) is 79.1 Å². The second kappa shape index (κ2) is 5.33. The molecule has 4 unspecified atom stereocenters. The van der Waals surface area contributed by atoms with Gasteiger partial charge in [0, 0.05) is 0 Å². The first-order valence-corrected chi connectivity index (χ1v) is 8.01. The Morgan fingerprint density at radius 1 is 0.824 bits per heavy atom. The van der Waals surface area contributed by atoms with Gasteiger partial charge in [0.15, 0.2) is 0 Å². The van der Waals surface area contributed by atoms with E-state index in [9.17, 15) is 0 Å². The van der Waals surface area contributed by atoms with E-state index in [-0.39, 0.29) is 0 Å². The maximum absolute atomic E-state index is 2.59.